The first-order chi connectivity index (χ1) is 17.5. The molecule has 2 saturated heterocycles. The Balaban J connectivity index is 1.07. The van der Waals surface area contributed by atoms with Crippen LogP contribution in [0.1, 0.15) is 42.7 Å². The van der Waals surface area contributed by atoms with Gasteiger partial charge in [-0.3, -0.25) is 14.5 Å². The topological polar surface area (TPSA) is 91.6 Å². The van der Waals surface area contributed by atoms with Gasteiger partial charge in [-0.2, -0.15) is 4.98 Å². The van der Waals surface area contributed by atoms with E-state index in [2.05, 4.69) is 26.4 Å². The second-order valence-corrected chi connectivity index (χ2v) is 9.96. The molecule has 0 bridgehead atoms. The molecule has 2 aliphatic rings. The molecule has 1 N–H and O–H groups in total. The maximum atomic E-state index is 12.8. The third kappa shape index (κ3) is 6.12. The van der Waals surface area contributed by atoms with Crippen molar-refractivity contribution in [1.29, 1.82) is 0 Å². The number of carbonyl (C=O) groups excluding carboxylic acids is 2. The number of hydrogen-bond acceptors (Lipinski definition) is 6. The van der Waals surface area contributed by atoms with Gasteiger partial charge in [0.15, 0.2) is 0 Å². The minimum absolute atomic E-state index is 0.000956. The zero-order valence-corrected chi connectivity index (χ0v) is 20.9. The van der Waals surface area contributed by atoms with Gasteiger partial charge in [-0.15, -0.1) is 0 Å². The van der Waals surface area contributed by atoms with Gasteiger partial charge in [0.05, 0.1) is 6.54 Å². The standard InChI is InChI=1S/C27H30ClN5O3/c28-23-8-6-21(7-9-23)26-30-24(36-31-26)18-32-13-10-22(11-14-32)27(35)29-16-19-3-1-4-20(15-19)17-33-12-2-5-25(33)34/h1,3-4,6-9,15,22H,2,5,10-14,16-18H2,(H,29,35). The Labute approximate surface area is 215 Å². The SMILES string of the molecule is O=C(NCc1cccc(CN2CCCC2=O)c1)C1CCN(Cc2nc(-c3ccc(Cl)cc3)no2)CC1. The summed E-state index contributed by atoms with van der Waals surface area (Å²) in [5.41, 5.74) is 3.02. The molecule has 2 fully saturated rings. The van der Waals surface area contributed by atoms with E-state index in [9.17, 15) is 9.59 Å². The fourth-order valence-electron chi connectivity index (χ4n) is 4.84. The van der Waals surface area contributed by atoms with E-state index in [4.69, 9.17) is 16.1 Å². The number of carbonyl (C=O) groups is 2. The van der Waals surface area contributed by atoms with Crippen LogP contribution in [0.4, 0.5) is 0 Å². The predicted molar refractivity (Wildman–Crippen MR) is 136 cm³/mol. The number of benzene rings is 2. The second kappa shape index (κ2) is 11.2. The lowest BCUT2D eigenvalue weighted by Crippen LogP contribution is -2.40. The van der Waals surface area contributed by atoms with Crippen LogP contribution in [0.5, 0.6) is 0 Å². The lowest BCUT2D eigenvalue weighted by atomic mass is 9.96. The highest BCUT2D eigenvalue weighted by Crippen LogP contribution is 2.22. The molecule has 1 aromatic heterocycles. The molecule has 5 rings (SSSR count). The van der Waals surface area contributed by atoms with E-state index in [1.165, 1.54) is 0 Å². The van der Waals surface area contributed by atoms with Crippen molar-refractivity contribution in [3.63, 3.8) is 0 Å². The average Bonchev–Trinajstić information content (AvgIpc) is 3.52. The van der Waals surface area contributed by atoms with Crippen LogP contribution in [0, 0.1) is 5.92 Å². The van der Waals surface area contributed by atoms with E-state index in [-0.39, 0.29) is 17.7 Å². The molecule has 188 valence electrons. The number of nitrogens with one attached hydrogen (secondary N) is 1. The van der Waals surface area contributed by atoms with Crippen LogP contribution in [-0.2, 0) is 29.2 Å². The molecule has 3 heterocycles. The second-order valence-electron chi connectivity index (χ2n) is 9.53. The molecule has 9 heteroatoms. The Morgan fingerprint density at radius 1 is 1.06 bits per heavy atom. The summed E-state index contributed by atoms with van der Waals surface area (Å²) in [5.74, 6) is 1.43. The van der Waals surface area contributed by atoms with Crippen molar-refractivity contribution in [2.75, 3.05) is 19.6 Å². The molecule has 0 spiro atoms. The summed E-state index contributed by atoms with van der Waals surface area (Å²) in [4.78, 5) is 33.3. The highest BCUT2D eigenvalue weighted by Gasteiger charge is 2.26. The number of nitrogens with zero attached hydrogens (tertiary/aromatic N) is 4. The zero-order valence-electron chi connectivity index (χ0n) is 20.2. The average molecular weight is 508 g/mol. The fourth-order valence-corrected chi connectivity index (χ4v) is 4.97. The van der Waals surface area contributed by atoms with Gasteiger partial charge in [0.1, 0.15) is 0 Å². The molecule has 0 radical (unpaired) electrons. The molecular weight excluding hydrogens is 478 g/mol. The molecule has 0 atom stereocenters. The molecule has 0 saturated carbocycles. The smallest absolute Gasteiger partial charge is 0.241 e. The first-order valence-corrected chi connectivity index (χ1v) is 12.9. The van der Waals surface area contributed by atoms with Gasteiger partial charge in [0.25, 0.3) is 0 Å². The summed E-state index contributed by atoms with van der Waals surface area (Å²) in [6.45, 7) is 4.14. The fraction of sp³-hybridized carbons (Fsp3) is 0.407. The molecule has 2 aromatic carbocycles. The van der Waals surface area contributed by atoms with E-state index < -0.39 is 0 Å². The molecular formula is C27H30ClN5O3. The molecule has 2 aliphatic heterocycles. The molecule has 36 heavy (non-hydrogen) atoms. The van der Waals surface area contributed by atoms with Crippen LogP contribution >= 0.6 is 11.6 Å². The maximum absolute atomic E-state index is 12.8. The number of halogens is 1. The highest BCUT2D eigenvalue weighted by molar-refractivity contribution is 6.30. The van der Waals surface area contributed by atoms with E-state index >= 15 is 0 Å². The Bertz CT molecular complexity index is 1200. The predicted octanol–water partition coefficient (Wildman–Crippen LogP) is 4.04. The van der Waals surface area contributed by atoms with Crippen molar-refractivity contribution in [2.24, 2.45) is 5.92 Å². The molecule has 0 aliphatic carbocycles. The van der Waals surface area contributed by atoms with E-state index in [1.54, 1.807) is 12.1 Å². The van der Waals surface area contributed by atoms with Crippen molar-refractivity contribution in [1.82, 2.24) is 25.3 Å². The van der Waals surface area contributed by atoms with Gasteiger partial charge < -0.3 is 14.7 Å². The van der Waals surface area contributed by atoms with Gasteiger partial charge in [-0.25, -0.2) is 0 Å². The largest absolute Gasteiger partial charge is 0.352 e. The number of hydrogen-bond donors (Lipinski definition) is 1. The number of piperidine rings is 1. The van der Waals surface area contributed by atoms with Crippen molar-refractivity contribution in [3.05, 3.63) is 70.6 Å². The molecule has 8 nitrogen and oxygen atoms in total. The molecule has 3 aromatic rings. The Morgan fingerprint density at radius 2 is 1.83 bits per heavy atom. The minimum atomic E-state index is -0.000956. The van der Waals surface area contributed by atoms with Crippen molar-refractivity contribution >= 4 is 23.4 Å². The van der Waals surface area contributed by atoms with Crippen LogP contribution < -0.4 is 5.32 Å². The number of amides is 2. The van der Waals surface area contributed by atoms with Crippen molar-refractivity contribution in [2.45, 2.75) is 45.3 Å². The third-order valence-electron chi connectivity index (χ3n) is 6.89. The van der Waals surface area contributed by atoms with Gasteiger partial charge in [-0.05, 0) is 67.7 Å². The number of rotatable bonds is 8. The third-order valence-corrected chi connectivity index (χ3v) is 7.14. The summed E-state index contributed by atoms with van der Waals surface area (Å²) in [7, 11) is 0. The van der Waals surface area contributed by atoms with Crippen molar-refractivity contribution < 1.29 is 14.1 Å². The van der Waals surface area contributed by atoms with Crippen LogP contribution in [-0.4, -0.2) is 51.4 Å². The van der Waals surface area contributed by atoms with Gasteiger partial charge in [-0.1, -0.05) is 41.0 Å². The zero-order chi connectivity index (χ0) is 24.9. The van der Waals surface area contributed by atoms with E-state index in [0.29, 0.717) is 42.8 Å². The lowest BCUT2D eigenvalue weighted by Gasteiger charge is -2.30. The first kappa shape index (κ1) is 24.5. The Morgan fingerprint density at radius 3 is 2.58 bits per heavy atom. The summed E-state index contributed by atoms with van der Waals surface area (Å²) >= 11 is 5.95. The van der Waals surface area contributed by atoms with Crippen LogP contribution in [0.3, 0.4) is 0 Å². The van der Waals surface area contributed by atoms with E-state index in [0.717, 1.165) is 55.6 Å². The lowest BCUT2D eigenvalue weighted by molar-refractivity contribution is -0.128. The summed E-state index contributed by atoms with van der Waals surface area (Å²) in [6, 6.07) is 15.5. The Hall–Kier alpha value is -3.23. The highest BCUT2D eigenvalue weighted by atomic mass is 35.5. The van der Waals surface area contributed by atoms with Crippen LogP contribution in [0.15, 0.2) is 53.1 Å². The molecule has 0 unspecified atom stereocenters. The normalized spacial score (nSPS) is 17.0. The van der Waals surface area contributed by atoms with Crippen LogP contribution in [0.2, 0.25) is 5.02 Å². The van der Waals surface area contributed by atoms with Gasteiger partial charge in [0.2, 0.25) is 23.5 Å². The van der Waals surface area contributed by atoms with Gasteiger partial charge in [0, 0.05) is 42.6 Å². The van der Waals surface area contributed by atoms with Crippen molar-refractivity contribution in [3.8, 4) is 11.4 Å². The summed E-state index contributed by atoms with van der Waals surface area (Å²) in [6.07, 6.45) is 3.17. The quantitative estimate of drug-likeness (QED) is 0.494. The van der Waals surface area contributed by atoms with E-state index in [1.807, 2.05) is 35.2 Å². The molecule has 2 amide bonds. The Kier molecular flexibility index (Phi) is 7.63. The monoisotopic (exact) mass is 507 g/mol. The first-order valence-electron chi connectivity index (χ1n) is 12.5. The number of likely N-dealkylation sites (tertiary alicyclic amines) is 2. The summed E-state index contributed by atoms with van der Waals surface area (Å²) in [5, 5.41) is 7.84. The number of aromatic nitrogens is 2. The van der Waals surface area contributed by atoms with Gasteiger partial charge >= 0.3 is 0 Å². The maximum Gasteiger partial charge on any atom is 0.241 e. The summed E-state index contributed by atoms with van der Waals surface area (Å²) < 4.78 is 5.43. The van der Waals surface area contributed by atoms with Crippen LogP contribution in [0.25, 0.3) is 11.4 Å². The minimum Gasteiger partial charge on any atom is -0.352 e.